The Morgan fingerprint density at radius 3 is 2.78 bits per heavy atom. The summed E-state index contributed by atoms with van der Waals surface area (Å²) in [5.41, 5.74) is 0.645. The fourth-order valence-electron chi connectivity index (χ4n) is 2.63. The lowest BCUT2D eigenvalue weighted by Crippen LogP contribution is -2.34. The van der Waals surface area contributed by atoms with E-state index < -0.39 is 23.7 Å². The first-order valence-corrected chi connectivity index (χ1v) is 8.77. The molecule has 27 heavy (non-hydrogen) atoms. The van der Waals surface area contributed by atoms with Crippen LogP contribution >= 0.6 is 11.8 Å². The predicted octanol–water partition coefficient (Wildman–Crippen LogP) is 3.06. The third-order valence-corrected chi connectivity index (χ3v) is 4.81. The summed E-state index contributed by atoms with van der Waals surface area (Å²) in [5.74, 6) is 1.70. The van der Waals surface area contributed by atoms with Crippen LogP contribution in [0.25, 0.3) is 16.8 Å². The van der Waals surface area contributed by atoms with Crippen molar-refractivity contribution < 1.29 is 23.9 Å². The van der Waals surface area contributed by atoms with E-state index in [4.69, 9.17) is 11.2 Å². The van der Waals surface area contributed by atoms with Crippen LogP contribution < -0.4 is 4.74 Å². The molecule has 2 aromatic rings. The van der Waals surface area contributed by atoms with Gasteiger partial charge in [0.2, 0.25) is 0 Å². The lowest BCUT2D eigenvalue weighted by Gasteiger charge is -2.11. The van der Waals surface area contributed by atoms with Crippen molar-refractivity contribution in [1.29, 1.82) is 0 Å². The maximum absolute atomic E-state index is 12.6. The number of carbonyl (C=O) groups excluding carboxylic acids is 3. The number of terminal acetylenes is 1. The molecule has 1 aliphatic heterocycles. The van der Waals surface area contributed by atoms with Crippen LogP contribution in [-0.4, -0.2) is 42.3 Å². The molecule has 0 radical (unpaired) electrons. The zero-order valence-corrected chi connectivity index (χ0v) is 15.2. The van der Waals surface area contributed by atoms with Crippen LogP contribution in [0.3, 0.4) is 0 Å². The van der Waals surface area contributed by atoms with Gasteiger partial charge in [-0.05, 0) is 34.7 Å². The van der Waals surface area contributed by atoms with E-state index in [1.54, 1.807) is 12.1 Å². The molecule has 1 aliphatic rings. The quantitative estimate of drug-likeness (QED) is 0.450. The van der Waals surface area contributed by atoms with Crippen LogP contribution in [0.1, 0.15) is 5.56 Å². The number of benzene rings is 2. The average molecular weight is 381 g/mol. The summed E-state index contributed by atoms with van der Waals surface area (Å²) >= 11 is 0.765. The molecule has 1 saturated heterocycles. The minimum absolute atomic E-state index is 0.0724. The first-order valence-electron chi connectivity index (χ1n) is 7.95. The number of rotatable bonds is 5. The fourth-order valence-corrected chi connectivity index (χ4v) is 3.45. The second kappa shape index (κ2) is 7.98. The van der Waals surface area contributed by atoms with Crippen molar-refractivity contribution in [2.24, 2.45) is 0 Å². The van der Waals surface area contributed by atoms with Gasteiger partial charge in [0, 0.05) is 5.56 Å². The van der Waals surface area contributed by atoms with E-state index in [1.807, 2.05) is 30.3 Å². The largest absolute Gasteiger partial charge is 0.480 e. The first-order chi connectivity index (χ1) is 13.0. The van der Waals surface area contributed by atoms with Gasteiger partial charge in [-0.15, -0.1) is 6.42 Å². The van der Waals surface area contributed by atoms with Crippen molar-refractivity contribution in [3.05, 3.63) is 46.9 Å². The molecule has 6 nitrogen and oxygen atoms in total. The summed E-state index contributed by atoms with van der Waals surface area (Å²) < 4.78 is 10.1. The van der Waals surface area contributed by atoms with E-state index in [0.717, 1.165) is 27.4 Å². The number of hydrogen-bond acceptors (Lipinski definition) is 6. The molecule has 1 heterocycles. The van der Waals surface area contributed by atoms with Crippen LogP contribution in [0.15, 0.2) is 41.3 Å². The predicted molar refractivity (Wildman–Crippen MR) is 103 cm³/mol. The zero-order valence-electron chi connectivity index (χ0n) is 14.4. The minimum Gasteiger partial charge on any atom is -0.480 e. The number of amides is 2. The number of fused-ring (bicyclic) bond motifs is 1. The maximum atomic E-state index is 12.6. The van der Waals surface area contributed by atoms with Crippen LogP contribution in [-0.2, 0) is 14.3 Å². The van der Waals surface area contributed by atoms with E-state index in [9.17, 15) is 14.4 Å². The Balaban J connectivity index is 2.04. The average Bonchev–Trinajstić information content (AvgIpc) is 2.94. The van der Waals surface area contributed by atoms with Crippen molar-refractivity contribution in [3.8, 4) is 18.1 Å². The molecule has 0 aliphatic carbocycles. The first kappa shape index (κ1) is 18.5. The zero-order chi connectivity index (χ0) is 19.4. The Morgan fingerprint density at radius 1 is 1.26 bits per heavy atom. The molecule has 0 atom stereocenters. The van der Waals surface area contributed by atoms with E-state index >= 15 is 0 Å². The van der Waals surface area contributed by atoms with Crippen molar-refractivity contribution in [3.63, 3.8) is 0 Å². The van der Waals surface area contributed by atoms with E-state index in [-0.39, 0.29) is 11.5 Å². The maximum Gasteiger partial charge on any atom is 0.325 e. The van der Waals surface area contributed by atoms with Crippen molar-refractivity contribution >= 4 is 45.7 Å². The van der Waals surface area contributed by atoms with Gasteiger partial charge in [-0.25, -0.2) is 0 Å². The molecule has 0 unspecified atom stereocenters. The number of thioether (sulfide) groups is 1. The highest BCUT2D eigenvalue weighted by Gasteiger charge is 2.36. The lowest BCUT2D eigenvalue weighted by atomic mass is 10.0. The van der Waals surface area contributed by atoms with Crippen LogP contribution in [0.4, 0.5) is 4.79 Å². The van der Waals surface area contributed by atoms with Crippen molar-refractivity contribution in [1.82, 2.24) is 4.90 Å². The van der Waals surface area contributed by atoms with Crippen molar-refractivity contribution in [2.45, 2.75) is 0 Å². The summed E-state index contributed by atoms with van der Waals surface area (Å²) in [6.07, 6.45) is 6.87. The van der Waals surface area contributed by atoms with Crippen LogP contribution in [0, 0.1) is 12.3 Å². The molecule has 0 aromatic heterocycles. The summed E-state index contributed by atoms with van der Waals surface area (Å²) in [4.78, 5) is 37.2. The number of esters is 1. The number of carbonyl (C=O) groups is 3. The smallest absolute Gasteiger partial charge is 0.325 e. The molecule has 3 rings (SSSR count). The van der Waals surface area contributed by atoms with Gasteiger partial charge in [0.05, 0.1) is 12.0 Å². The van der Waals surface area contributed by atoms with Gasteiger partial charge in [-0.1, -0.05) is 36.3 Å². The highest BCUT2D eigenvalue weighted by molar-refractivity contribution is 8.18. The number of imide groups is 1. The Bertz CT molecular complexity index is 1010. The normalized spacial score (nSPS) is 15.3. The second-order valence-corrected chi connectivity index (χ2v) is 6.53. The van der Waals surface area contributed by atoms with E-state index in [2.05, 4.69) is 10.7 Å². The summed E-state index contributed by atoms with van der Waals surface area (Å²) in [5, 5.41) is 1.28. The third-order valence-electron chi connectivity index (χ3n) is 3.91. The SMILES string of the molecule is C#CCOc1ccc2ccccc2c1/C=C1/SC(=O)N(CC(=O)OC)C1=O. The van der Waals surface area contributed by atoms with Crippen molar-refractivity contribution in [2.75, 3.05) is 20.3 Å². The number of methoxy groups -OCH3 is 1. The Morgan fingerprint density at radius 2 is 2.04 bits per heavy atom. The molecular weight excluding hydrogens is 366 g/mol. The van der Waals surface area contributed by atoms with Gasteiger partial charge in [0.15, 0.2) is 0 Å². The molecule has 0 spiro atoms. The molecule has 1 fully saturated rings. The van der Waals surface area contributed by atoms with Crippen LogP contribution in [0.5, 0.6) is 5.75 Å². The topological polar surface area (TPSA) is 72.9 Å². The molecule has 0 N–H and O–H groups in total. The van der Waals surface area contributed by atoms with Gasteiger partial charge in [-0.3, -0.25) is 19.3 Å². The van der Waals surface area contributed by atoms with Gasteiger partial charge < -0.3 is 9.47 Å². The van der Waals surface area contributed by atoms with Gasteiger partial charge >= 0.3 is 5.97 Å². The molecule has 136 valence electrons. The fraction of sp³-hybridized carbons (Fsp3) is 0.150. The monoisotopic (exact) mass is 381 g/mol. The van der Waals surface area contributed by atoms with Gasteiger partial charge in [0.1, 0.15) is 18.9 Å². The molecule has 0 saturated carbocycles. The summed E-state index contributed by atoms with van der Waals surface area (Å²) in [6, 6.07) is 11.3. The Hall–Kier alpha value is -3.24. The Labute approximate surface area is 160 Å². The number of hydrogen-bond donors (Lipinski definition) is 0. The molecular formula is C20H15NO5S. The molecule has 7 heteroatoms. The van der Waals surface area contributed by atoms with Gasteiger partial charge in [0.25, 0.3) is 11.1 Å². The highest BCUT2D eigenvalue weighted by atomic mass is 32.2. The lowest BCUT2D eigenvalue weighted by molar-refractivity contribution is -0.143. The molecule has 0 bridgehead atoms. The number of nitrogens with zero attached hydrogens (tertiary/aromatic N) is 1. The summed E-state index contributed by atoms with van der Waals surface area (Å²) in [6.45, 7) is -0.350. The van der Waals surface area contributed by atoms with Crippen LogP contribution in [0.2, 0.25) is 0 Å². The number of ether oxygens (including phenoxy) is 2. The molecule has 2 aromatic carbocycles. The second-order valence-electron chi connectivity index (χ2n) is 5.54. The van der Waals surface area contributed by atoms with E-state index in [0.29, 0.717) is 11.3 Å². The highest BCUT2D eigenvalue weighted by Crippen LogP contribution is 2.36. The standard InChI is InChI=1S/C20H15NO5S/c1-3-10-26-16-9-8-13-6-4-5-7-14(13)15(16)11-17-19(23)21(20(24)27-17)12-18(22)25-2/h1,4-9,11H,10,12H2,2H3/b17-11+. The molecule has 2 amide bonds. The van der Waals surface area contributed by atoms with Gasteiger partial charge in [-0.2, -0.15) is 0 Å². The summed E-state index contributed by atoms with van der Waals surface area (Å²) in [7, 11) is 1.20. The third kappa shape index (κ3) is 3.81. The Kier molecular flexibility index (Phi) is 5.48. The minimum atomic E-state index is -0.665. The van der Waals surface area contributed by atoms with E-state index in [1.165, 1.54) is 7.11 Å².